The molecule has 0 radical (unpaired) electrons. The Morgan fingerprint density at radius 2 is 2.38 bits per heavy atom. The van der Waals surface area contributed by atoms with E-state index >= 15 is 0 Å². The fraction of sp³-hybridized carbons (Fsp3) is 0.889. The van der Waals surface area contributed by atoms with Crippen LogP contribution in [0.1, 0.15) is 19.8 Å². The molecule has 0 aliphatic carbocycles. The number of carbonyl (C=O) groups is 1. The lowest BCUT2D eigenvalue weighted by atomic mass is 10.1. The summed E-state index contributed by atoms with van der Waals surface area (Å²) in [6.07, 6.45) is 1.40. The summed E-state index contributed by atoms with van der Waals surface area (Å²) in [5.74, 6) is 0. The average Bonchev–Trinajstić information content (AvgIpc) is 2.15. The highest BCUT2D eigenvalue weighted by molar-refractivity contribution is 5.74. The van der Waals surface area contributed by atoms with E-state index in [-0.39, 0.29) is 12.1 Å². The molecule has 0 bridgehead atoms. The Morgan fingerprint density at radius 1 is 1.69 bits per heavy atom. The molecule has 1 heterocycles. The molecule has 0 aromatic rings. The Kier molecular flexibility index (Phi) is 3.54. The molecule has 0 saturated carbocycles. The average molecular weight is 186 g/mol. The van der Waals surface area contributed by atoms with Crippen molar-refractivity contribution in [3.63, 3.8) is 0 Å². The van der Waals surface area contributed by atoms with E-state index < -0.39 is 0 Å². The van der Waals surface area contributed by atoms with Crippen molar-refractivity contribution in [1.82, 2.24) is 9.80 Å². The minimum atomic E-state index is -0.331. The SMILES string of the molecule is CCN(C)C(=O)N1CCCC(O)C1. The second-order valence-electron chi connectivity index (χ2n) is 3.54. The lowest BCUT2D eigenvalue weighted by Crippen LogP contribution is -2.47. The van der Waals surface area contributed by atoms with Crippen molar-refractivity contribution < 1.29 is 9.90 Å². The predicted octanol–water partition coefficient (Wildman–Crippen LogP) is 0.515. The molecule has 0 aromatic heterocycles. The lowest BCUT2D eigenvalue weighted by molar-refractivity contribution is 0.0743. The summed E-state index contributed by atoms with van der Waals surface area (Å²) in [4.78, 5) is 15.0. The number of amides is 2. The van der Waals surface area contributed by atoms with E-state index in [1.54, 1.807) is 16.8 Å². The number of aliphatic hydroxyl groups excluding tert-OH is 1. The maximum atomic E-state index is 11.6. The van der Waals surface area contributed by atoms with Gasteiger partial charge in [-0.2, -0.15) is 0 Å². The van der Waals surface area contributed by atoms with Crippen LogP contribution in [0.15, 0.2) is 0 Å². The number of likely N-dealkylation sites (tertiary alicyclic amines) is 1. The van der Waals surface area contributed by atoms with E-state index in [0.29, 0.717) is 13.1 Å². The van der Waals surface area contributed by atoms with Gasteiger partial charge in [0.05, 0.1) is 6.10 Å². The van der Waals surface area contributed by atoms with Crippen LogP contribution in [0.5, 0.6) is 0 Å². The van der Waals surface area contributed by atoms with Crippen LogP contribution in [0.25, 0.3) is 0 Å². The molecule has 2 amide bonds. The molecular formula is C9H18N2O2. The molecule has 1 unspecified atom stereocenters. The van der Waals surface area contributed by atoms with E-state index in [1.807, 2.05) is 6.92 Å². The van der Waals surface area contributed by atoms with Crippen LogP contribution in [-0.4, -0.2) is 53.7 Å². The molecule has 1 atom stereocenters. The highest BCUT2D eigenvalue weighted by Crippen LogP contribution is 2.11. The van der Waals surface area contributed by atoms with E-state index in [4.69, 9.17) is 0 Å². The number of urea groups is 1. The van der Waals surface area contributed by atoms with Gasteiger partial charge in [0.1, 0.15) is 0 Å². The van der Waals surface area contributed by atoms with Crippen LogP contribution in [0, 0.1) is 0 Å². The Bertz CT molecular complexity index is 184. The molecule has 4 nitrogen and oxygen atoms in total. The quantitative estimate of drug-likeness (QED) is 0.648. The molecule has 1 saturated heterocycles. The van der Waals surface area contributed by atoms with Gasteiger partial charge in [0, 0.05) is 26.7 Å². The number of carbonyl (C=O) groups excluding carboxylic acids is 1. The molecule has 4 heteroatoms. The number of aliphatic hydroxyl groups is 1. The van der Waals surface area contributed by atoms with Gasteiger partial charge in [0.2, 0.25) is 0 Å². The third-order valence-corrected chi connectivity index (χ3v) is 2.47. The smallest absolute Gasteiger partial charge is 0.319 e. The van der Waals surface area contributed by atoms with Crippen LogP contribution < -0.4 is 0 Å². The van der Waals surface area contributed by atoms with Gasteiger partial charge < -0.3 is 14.9 Å². The first-order valence-corrected chi connectivity index (χ1v) is 4.83. The highest BCUT2D eigenvalue weighted by atomic mass is 16.3. The summed E-state index contributed by atoms with van der Waals surface area (Å²) in [7, 11) is 1.78. The molecule has 1 rings (SSSR count). The summed E-state index contributed by atoms with van der Waals surface area (Å²) in [6.45, 7) is 3.92. The molecular weight excluding hydrogens is 168 g/mol. The van der Waals surface area contributed by atoms with Gasteiger partial charge in [-0.25, -0.2) is 4.79 Å². The van der Waals surface area contributed by atoms with Crippen LogP contribution >= 0.6 is 0 Å². The van der Waals surface area contributed by atoms with E-state index in [9.17, 15) is 9.90 Å². The maximum Gasteiger partial charge on any atom is 0.319 e. The lowest BCUT2D eigenvalue weighted by Gasteiger charge is -2.32. The Balaban J connectivity index is 2.46. The second kappa shape index (κ2) is 4.46. The summed E-state index contributed by atoms with van der Waals surface area (Å²) in [5, 5.41) is 9.37. The Morgan fingerprint density at radius 3 is 2.92 bits per heavy atom. The largest absolute Gasteiger partial charge is 0.391 e. The third kappa shape index (κ3) is 2.59. The standard InChI is InChI=1S/C9H18N2O2/c1-3-10(2)9(13)11-6-4-5-8(12)7-11/h8,12H,3-7H2,1-2H3. The fourth-order valence-electron chi connectivity index (χ4n) is 1.51. The van der Waals surface area contributed by atoms with Gasteiger partial charge in [0.15, 0.2) is 0 Å². The molecule has 1 aliphatic heterocycles. The third-order valence-electron chi connectivity index (χ3n) is 2.47. The fourth-order valence-corrected chi connectivity index (χ4v) is 1.51. The maximum absolute atomic E-state index is 11.6. The molecule has 76 valence electrons. The zero-order valence-electron chi connectivity index (χ0n) is 8.36. The van der Waals surface area contributed by atoms with Crippen molar-refractivity contribution in [2.45, 2.75) is 25.9 Å². The highest BCUT2D eigenvalue weighted by Gasteiger charge is 2.23. The van der Waals surface area contributed by atoms with Crippen molar-refractivity contribution in [3.05, 3.63) is 0 Å². The van der Waals surface area contributed by atoms with Gasteiger partial charge in [-0.15, -0.1) is 0 Å². The predicted molar refractivity (Wildman–Crippen MR) is 50.5 cm³/mol. The Labute approximate surface area is 79.1 Å². The molecule has 13 heavy (non-hydrogen) atoms. The van der Waals surface area contributed by atoms with E-state index in [1.165, 1.54) is 0 Å². The summed E-state index contributed by atoms with van der Waals surface area (Å²) in [6, 6.07) is 0.0289. The zero-order chi connectivity index (χ0) is 9.84. The number of piperidine rings is 1. The number of hydrogen-bond donors (Lipinski definition) is 1. The minimum Gasteiger partial charge on any atom is -0.391 e. The molecule has 1 fully saturated rings. The number of hydrogen-bond acceptors (Lipinski definition) is 2. The summed E-state index contributed by atoms with van der Waals surface area (Å²) < 4.78 is 0. The van der Waals surface area contributed by atoms with Crippen molar-refractivity contribution in [2.75, 3.05) is 26.7 Å². The summed E-state index contributed by atoms with van der Waals surface area (Å²) in [5.41, 5.74) is 0. The van der Waals surface area contributed by atoms with E-state index in [2.05, 4.69) is 0 Å². The topological polar surface area (TPSA) is 43.8 Å². The van der Waals surface area contributed by atoms with E-state index in [0.717, 1.165) is 19.4 Å². The number of nitrogens with zero attached hydrogens (tertiary/aromatic N) is 2. The molecule has 1 aliphatic rings. The van der Waals surface area contributed by atoms with Gasteiger partial charge >= 0.3 is 6.03 Å². The van der Waals surface area contributed by atoms with Gasteiger partial charge in [-0.05, 0) is 19.8 Å². The molecule has 1 N–H and O–H groups in total. The van der Waals surface area contributed by atoms with Crippen LogP contribution in [0.4, 0.5) is 4.79 Å². The zero-order valence-corrected chi connectivity index (χ0v) is 8.36. The van der Waals surface area contributed by atoms with Crippen LogP contribution in [0.2, 0.25) is 0 Å². The van der Waals surface area contributed by atoms with Crippen molar-refractivity contribution in [2.24, 2.45) is 0 Å². The second-order valence-corrected chi connectivity index (χ2v) is 3.54. The number of β-amino-alcohol motifs (C(OH)–C–C–N with tert-alkyl or cyclic N) is 1. The van der Waals surface area contributed by atoms with Crippen molar-refractivity contribution >= 4 is 6.03 Å². The van der Waals surface area contributed by atoms with Crippen LogP contribution in [-0.2, 0) is 0 Å². The minimum absolute atomic E-state index is 0.0289. The molecule has 0 aromatic carbocycles. The van der Waals surface area contributed by atoms with Crippen molar-refractivity contribution in [3.8, 4) is 0 Å². The summed E-state index contributed by atoms with van der Waals surface area (Å²) >= 11 is 0. The van der Waals surface area contributed by atoms with Gasteiger partial charge in [-0.1, -0.05) is 0 Å². The van der Waals surface area contributed by atoms with Gasteiger partial charge in [-0.3, -0.25) is 0 Å². The number of rotatable bonds is 1. The van der Waals surface area contributed by atoms with Gasteiger partial charge in [0.25, 0.3) is 0 Å². The normalized spacial score (nSPS) is 23.0. The first-order chi connectivity index (χ1) is 6.15. The van der Waals surface area contributed by atoms with Crippen molar-refractivity contribution in [1.29, 1.82) is 0 Å². The monoisotopic (exact) mass is 186 g/mol. The van der Waals surface area contributed by atoms with Crippen LogP contribution in [0.3, 0.4) is 0 Å². The first kappa shape index (κ1) is 10.3. The molecule has 0 spiro atoms. The Hall–Kier alpha value is -0.770. The first-order valence-electron chi connectivity index (χ1n) is 4.83.